The van der Waals surface area contributed by atoms with E-state index in [4.69, 9.17) is 9.47 Å². The van der Waals surface area contributed by atoms with Gasteiger partial charge in [-0.2, -0.15) is 0 Å². The molecule has 2 aromatic carbocycles. The number of rotatable bonds is 4. The highest BCUT2D eigenvalue weighted by Gasteiger charge is 2.21. The van der Waals surface area contributed by atoms with Gasteiger partial charge in [0.15, 0.2) is 21.3 Å². The van der Waals surface area contributed by atoms with Crippen LogP contribution in [0.2, 0.25) is 0 Å². The topological polar surface area (TPSA) is 52.6 Å². The van der Waals surface area contributed by atoms with Crippen molar-refractivity contribution < 1.29 is 17.9 Å². The third-order valence-electron chi connectivity index (χ3n) is 3.79. The number of halogens is 1. The van der Waals surface area contributed by atoms with E-state index in [1.807, 2.05) is 12.1 Å². The van der Waals surface area contributed by atoms with Gasteiger partial charge in [0.05, 0.1) is 10.6 Å². The quantitative estimate of drug-likeness (QED) is 0.773. The highest BCUT2D eigenvalue weighted by molar-refractivity contribution is 9.10. The van der Waals surface area contributed by atoms with Crippen LogP contribution in [-0.4, -0.2) is 15.2 Å². The maximum Gasteiger partial charge on any atom is 0.231 e. The summed E-state index contributed by atoms with van der Waals surface area (Å²) in [6.07, 6.45) is 0. The average Bonchev–Trinajstić information content (AvgIpc) is 2.94. The number of ether oxygens (including phenoxy) is 2. The van der Waals surface area contributed by atoms with Gasteiger partial charge >= 0.3 is 0 Å². The van der Waals surface area contributed by atoms with Crippen molar-refractivity contribution in [3.63, 3.8) is 0 Å². The van der Waals surface area contributed by atoms with Crippen molar-refractivity contribution in [2.75, 3.05) is 6.79 Å². The smallest absolute Gasteiger partial charge is 0.231 e. The summed E-state index contributed by atoms with van der Waals surface area (Å²) in [6, 6.07) is 10.5. The molecule has 0 fully saturated rings. The van der Waals surface area contributed by atoms with Gasteiger partial charge in [-0.3, -0.25) is 0 Å². The molecule has 0 aliphatic carbocycles. The van der Waals surface area contributed by atoms with Gasteiger partial charge in [-0.1, -0.05) is 41.9 Å². The predicted molar refractivity (Wildman–Crippen MR) is 91.7 cm³/mol. The van der Waals surface area contributed by atoms with Crippen molar-refractivity contribution in [1.82, 2.24) is 0 Å². The molecule has 0 saturated carbocycles. The number of hydrogen-bond donors (Lipinski definition) is 0. The third-order valence-corrected chi connectivity index (χ3v) is 6.21. The molecule has 0 bridgehead atoms. The van der Waals surface area contributed by atoms with E-state index in [9.17, 15) is 8.42 Å². The van der Waals surface area contributed by atoms with Gasteiger partial charge < -0.3 is 9.47 Å². The molecule has 0 radical (unpaired) electrons. The fourth-order valence-corrected chi connectivity index (χ4v) is 4.43. The van der Waals surface area contributed by atoms with Crippen LogP contribution in [0.1, 0.15) is 30.9 Å². The fraction of sp³-hybridized carbons (Fsp3) is 0.294. The minimum atomic E-state index is -3.42. The van der Waals surface area contributed by atoms with Gasteiger partial charge in [0.1, 0.15) is 0 Å². The molecule has 122 valence electrons. The Kier molecular flexibility index (Phi) is 4.38. The SMILES string of the molecule is CC(C)c1ccc(S(=O)(=O)Cc2cc3c(cc2Br)OCO3)cc1. The maximum absolute atomic E-state index is 12.6. The van der Waals surface area contributed by atoms with E-state index in [2.05, 4.69) is 29.8 Å². The Morgan fingerprint density at radius 1 is 1.09 bits per heavy atom. The summed E-state index contributed by atoms with van der Waals surface area (Å²) >= 11 is 3.41. The molecule has 0 atom stereocenters. The van der Waals surface area contributed by atoms with Crippen LogP contribution in [0, 0.1) is 0 Å². The van der Waals surface area contributed by atoms with Crippen LogP contribution in [0.15, 0.2) is 45.8 Å². The monoisotopic (exact) mass is 396 g/mol. The standard InChI is InChI=1S/C17H17BrO4S/c1-11(2)12-3-5-14(6-4-12)23(19,20)9-13-7-16-17(8-15(13)18)22-10-21-16/h3-8,11H,9-10H2,1-2H3. The highest BCUT2D eigenvalue weighted by atomic mass is 79.9. The Bertz CT molecular complexity index is 826. The first kappa shape index (κ1) is 16.3. The van der Waals surface area contributed by atoms with E-state index in [1.165, 1.54) is 0 Å². The zero-order valence-corrected chi connectivity index (χ0v) is 15.3. The minimum absolute atomic E-state index is 0.0920. The van der Waals surface area contributed by atoms with Crippen LogP contribution in [0.4, 0.5) is 0 Å². The molecule has 23 heavy (non-hydrogen) atoms. The summed E-state index contributed by atoms with van der Waals surface area (Å²) in [5.74, 6) is 1.48. The maximum atomic E-state index is 12.6. The number of fused-ring (bicyclic) bond motifs is 1. The summed E-state index contributed by atoms with van der Waals surface area (Å²) < 4.78 is 36.6. The predicted octanol–water partition coefficient (Wildman–Crippen LogP) is 4.28. The summed E-state index contributed by atoms with van der Waals surface area (Å²) in [6.45, 7) is 4.31. The first-order valence-electron chi connectivity index (χ1n) is 7.27. The van der Waals surface area contributed by atoms with E-state index >= 15 is 0 Å². The first-order chi connectivity index (χ1) is 10.9. The van der Waals surface area contributed by atoms with Crippen LogP contribution < -0.4 is 9.47 Å². The largest absolute Gasteiger partial charge is 0.454 e. The second kappa shape index (κ2) is 6.17. The summed E-state index contributed by atoms with van der Waals surface area (Å²) in [5, 5.41) is 0. The van der Waals surface area contributed by atoms with Crippen molar-refractivity contribution in [2.24, 2.45) is 0 Å². The van der Waals surface area contributed by atoms with Gasteiger partial charge in [-0.05, 0) is 41.3 Å². The zero-order chi connectivity index (χ0) is 16.6. The number of sulfone groups is 1. The minimum Gasteiger partial charge on any atom is -0.454 e. The third kappa shape index (κ3) is 3.38. The molecule has 3 rings (SSSR count). The second-order valence-corrected chi connectivity index (χ2v) is 8.62. The van der Waals surface area contributed by atoms with E-state index in [0.29, 0.717) is 32.3 Å². The molecule has 4 nitrogen and oxygen atoms in total. The van der Waals surface area contributed by atoms with E-state index < -0.39 is 9.84 Å². The van der Waals surface area contributed by atoms with Crippen molar-refractivity contribution in [3.8, 4) is 11.5 Å². The van der Waals surface area contributed by atoms with E-state index in [0.717, 1.165) is 5.56 Å². The van der Waals surface area contributed by atoms with Gasteiger partial charge in [-0.25, -0.2) is 8.42 Å². The Labute approximate surface area is 144 Å². The normalized spacial score (nSPS) is 13.6. The van der Waals surface area contributed by atoms with Crippen molar-refractivity contribution in [3.05, 3.63) is 52.0 Å². The molecule has 0 unspecified atom stereocenters. The lowest BCUT2D eigenvalue weighted by Crippen LogP contribution is -2.06. The van der Waals surface area contributed by atoms with Crippen molar-refractivity contribution in [2.45, 2.75) is 30.4 Å². The van der Waals surface area contributed by atoms with E-state index in [-0.39, 0.29) is 12.5 Å². The number of hydrogen-bond acceptors (Lipinski definition) is 4. The fourth-order valence-electron chi connectivity index (χ4n) is 2.42. The van der Waals surface area contributed by atoms with Gasteiger partial charge in [0.2, 0.25) is 6.79 Å². The van der Waals surface area contributed by atoms with Crippen LogP contribution in [0.3, 0.4) is 0 Å². The molecular formula is C17H17BrO4S. The molecule has 0 spiro atoms. The van der Waals surface area contributed by atoms with Crippen molar-refractivity contribution in [1.29, 1.82) is 0 Å². The molecule has 0 saturated heterocycles. The molecule has 1 aliphatic rings. The summed E-state index contributed by atoms with van der Waals surface area (Å²) in [7, 11) is -3.42. The Morgan fingerprint density at radius 2 is 1.70 bits per heavy atom. The molecular weight excluding hydrogens is 380 g/mol. The molecule has 0 N–H and O–H groups in total. The Balaban J connectivity index is 1.89. The number of benzene rings is 2. The van der Waals surface area contributed by atoms with Crippen LogP contribution in [0.25, 0.3) is 0 Å². The van der Waals surface area contributed by atoms with E-state index in [1.54, 1.807) is 24.3 Å². The first-order valence-corrected chi connectivity index (χ1v) is 9.72. The van der Waals surface area contributed by atoms with Crippen LogP contribution >= 0.6 is 15.9 Å². The lowest BCUT2D eigenvalue weighted by atomic mass is 10.0. The van der Waals surface area contributed by atoms with Gasteiger partial charge in [0, 0.05) is 4.47 Å². The Hall–Kier alpha value is -1.53. The zero-order valence-electron chi connectivity index (χ0n) is 12.9. The molecule has 1 aliphatic heterocycles. The van der Waals surface area contributed by atoms with Crippen LogP contribution in [-0.2, 0) is 15.6 Å². The molecule has 2 aromatic rings. The summed E-state index contributed by atoms with van der Waals surface area (Å²) in [4.78, 5) is 0.325. The van der Waals surface area contributed by atoms with Crippen LogP contribution in [0.5, 0.6) is 11.5 Å². The second-order valence-electron chi connectivity index (χ2n) is 5.78. The average molecular weight is 397 g/mol. The lowest BCUT2D eigenvalue weighted by Gasteiger charge is -2.10. The molecule has 6 heteroatoms. The Morgan fingerprint density at radius 3 is 2.30 bits per heavy atom. The lowest BCUT2D eigenvalue weighted by molar-refractivity contribution is 0.174. The highest BCUT2D eigenvalue weighted by Crippen LogP contribution is 2.38. The molecule has 0 amide bonds. The summed E-state index contributed by atoms with van der Waals surface area (Å²) in [5.41, 5.74) is 1.77. The van der Waals surface area contributed by atoms with Gasteiger partial charge in [-0.15, -0.1) is 0 Å². The van der Waals surface area contributed by atoms with Crippen molar-refractivity contribution >= 4 is 25.8 Å². The van der Waals surface area contributed by atoms with Gasteiger partial charge in [0.25, 0.3) is 0 Å². The molecule has 0 aromatic heterocycles. The molecule has 1 heterocycles.